The van der Waals surface area contributed by atoms with Gasteiger partial charge in [-0.15, -0.1) is 0 Å². The van der Waals surface area contributed by atoms with Gasteiger partial charge in [-0.25, -0.2) is 8.42 Å². The minimum atomic E-state index is -3.09. The quantitative estimate of drug-likeness (QED) is 0.856. The Labute approximate surface area is 113 Å². The molecule has 1 saturated carbocycles. The summed E-state index contributed by atoms with van der Waals surface area (Å²) in [5.74, 6) is -0.125. The maximum absolute atomic E-state index is 12.0. The van der Waals surface area contributed by atoms with Gasteiger partial charge in [0, 0.05) is 17.6 Å². The van der Waals surface area contributed by atoms with Gasteiger partial charge in [0.2, 0.25) is 0 Å². The van der Waals surface area contributed by atoms with Crippen LogP contribution in [-0.4, -0.2) is 24.4 Å². The van der Waals surface area contributed by atoms with Crippen molar-refractivity contribution < 1.29 is 8.42 Å². The van der Waals surface area contributed by atoms with Gasteiger partial charge in [-0.1, -0.05) is 49.0 Å². The van der Waals surface area contributed by atoms with E-state index in [1.165, 1.54) is 0 Å². The summed E-state index contributed by atoms with van der Waals surface area (Å²) in [6, 6.07) is 7.91. The van der Waals surface area contributed by atoms with E-state index in [9.17, 15) is 8.42 Å². The molecule has 1 fully saturated rings. The Morgan fingerprint density at radius 1 is 1.33 bits per heavy atom. The van der Waals surface area contributed by atoms with Crippen molar-refractivity contribution in [3.8, 4) is 0 Å². The first kappa shape index (κ1) is 13.5. The molecule has 2 N–H and O–H groups in total. The first-order valence-corrected chi connectivity index (χ1v) is 8.08. The van der Waals surface area contributed by atoms with E-state index >= 15 is 0 Å². The van der Waals surface area contributed by atoms with E-state index in [4.69, 9.17) is 18.0 Å². The predicted octanol–water partition coefficient (Wildman–Crippen LogP) is 1.80. The molecule has 0 radical (unpaired) electrons. The Bertz CT molecular complexity index is 563. The fraction of sp³-hybridized carbons (Fsp3) is 0.462. The van der Waals surface area contributed by atoms with Gasteiger partial charge in [0.15, 0.2) is 9.84 Å². The Balaban J connectivity index is 2.33. The normalized spacial score (nSPS) is 26.9. The van der Waals surface area contributed by atoms with Crippen LogP contribution in [0.4, 0.5) is 0 Å². The molecule has 3 nitrogen and oxygen atoms in total. The van der Waals surface area contributed by atoms with Crippen LogP contribution in [0.15, 0.2) is 24.3 Å². The predicted molar refractivity (Wildman–Crippen MR) is 77.4 cm³/mol. The summed E-state index contributed by atoms with van der Waals surface area (Å²) in [5.41, 5.74) is 7.83. The molecule has 0 aliphatic heterocycles. The fourth-order valence-corrected chi connectivity index (χ4v) is 4.66. The van der Waals surface area contributed by atoms with Crippen molar-refractivity contribution in [2.24, 2.45) is 11.7 Å². The maximum Gasteiger partial charge on any atom is 0.154 e. The summed E-state index contributed by atoms with van der Waals surface area (Å²) in [6.07, 6.45) is 0. The highest BCUT2D eigenvalue weighted by atomic mass is 32.2. The number of aryl methyl sites for hydroxylation is 1. The fourth-order valence-electron chi connectivity index (χ4n) is 2.45. The average Bonchev–Trinajstić information content (AvgIpc) is 3.06. The average molecular weight is 283 g/mol. The van der Waals surface area contributed by atoms with Crippen LogP contribution >= 0.6 is 12.2 Å². The summed E-state index contributed by atoms with van der Waals surface area (Å²) in [5, 5.41) is -0.428. The highest BCUT2D eigenvalue weighted by Crippen LogP contribution is 2.52. The third-order valence-electron chi connectivity index (χ3n) is 3.56. The van der Waals surface area contributed by atoms with Crippen LogP contribution in [0, 0.1) is 12.8 Å². The van der Waals surface area contributed by atoms with Crippen molar-refractivity contribution in [2.75, 3.05) is 5.75 Å². The van der Waals surface area contributed by atoms with Crippen molar-refractivity contribution in [1.29, 1.82) is 0 Å². The Morgan fingerprint density at radius 2 is 1.89 bits per heavy atom. The molecule has 1 aromatic carbocycles. The standard InChI is InChI=1S/C13H17NO2S2/c1-3-18(15,16)12-10(11(12)13(14)17)9-6-4-8(2)5-7-9/h4-7,10-12H,3H2,1-2H3,(H2,14,17)/t10-,11-,12+/m1/s1. The summed E-state index contributed by atoms with van der Waals surface area (Å²) >= 11 is 4.99. The lowest BCUT2D eigenvalue weighted by molar-refractivity contribution is 0.594. The lowest BCUT2D eigenvalue weighted by Crippen LogP contribution is -2.18. The lowest BCUT2D eigenvalue weighted by Gasteiger charge is -2.01. The van der Waals surface area contributed by atoms with Crippen LogP contribution in [0.25, 0.3) is 0 Å². The molecule has 2 rings (SSSR count). The molecule has 0 bridgehead atoms. The second-order valence-electron chi connectivity index (χ2n) is 4.78. The molecule has 98 valence electrons. The molecule has 0 spiro atoms. The van der Waals surface area contributed by atoms with Gasteiger partial charge in [-0.05, 0) is 12.5 Å². The van der Waals surface area contributed by atoms with Gasteiger partial charge in [-0.2, -0.15) is 0 Å². The van der Waals surface area contributed by atoms with Gasteiger partial charge in [0.1, 0.15) is 0 Å². The summed E-state index contributed by atoms with van der Waals surface area (Å²) in [4.78, 5) is 0.308. The highest BCUT2D eigenvalue weighted by molar-refractivity contribution is 7.92. The van der Waals surface area contributed by atoms with Crippen molar-refractivity contribution in [2.45, 2.75) is 25.0 Å². The molecule has 1 aliphatic carbocycles. The number of sulfone groups is 1. The topological polar surface area (TPSA) is 60.2 Å². The monoisotopic (exact) mass is 283 g/mol. The molecule has 3 atom stereocenters. The smallest absolute Gasteiger partial charge is 0.154 e. The Kier molecular flexibility index (Phi) is 3.47. The molecule has 0 aromatic heterocycles. The number of benzene rings is 1. The third-order valence-corrected chi connectivity index (χ3v) is 6.05. The first-order valence-electron chi connectivity index (χ1n) is 5.96. The summed E-state index contributed by atoms with van der Waals surface area (Å²) in [6.45, 7) is 3.67. The molecule has 5 heteroatoms. The van der Waals surface area contributed by atoms with E-state index in [1.54, 1.807) is 6.92 Å². The second kappa shape index (κ2) is 4.63. The van der Waals surface area contributed by atoms with Crippen molar-refractivity contribution in [3.05, 3.63) is 35.4 Å². The first-order chi connectivity index (χ1) is 8.38. The molecule has 18 heavy (non-hydrogen) atoms. The van der Waals surface area contributed by atoms with Crippen LogP contribution < -0.4 is 5.73 Å². The second-order valence-corrected chi connectivity index (χ2v) is 7.70. The lowest BCUT2D eigenvalue weighted by atomic mass is 10.1. The number of rotatable bonds is 4. The zero-order valence-electron chi connectivity index (χ0n) is 10.5. The molecular formula is C13H17NO2S2. The SMILES string of the molecule is CCS(=O)(=O)[C@@H]1[C@H](C(N)=S)[C@H]1c1ccc(C)cc1. The zero-order valence-corrected chi connectivity index (χ0v) is 12.1. The van der Waals surface area contributed by atoms with Gasteiger partial charge >= 0.3 is 0 Å². The van der Waals surface area contributed by atoms with Gasteiger partial charge in [-0.3, -0.25) is 0 Å². The molecule has 1 aliphatic rings. The van der Waals surface area contributed by atoms with Crippen LogP contribution in [0.3, 0.4) is 0 Å². The molecule has 0 unspecified atom stereocenters. The molecule has 1 aromatic rings. The van der Waals surface area contributed by atoms with Crippen LogP contribution in [0.2, 0.25) is 0 Å². The van der Waals surface area contributed by atoms with Crippen molar-refractivity contribution in [1.82, 2.24) is 0 Å². The van der Waals surface area contributed by atoms with E-state index in [-0.39, 0.29) is 17.6 Å². The van der Waals surface area contributed by atoms with Crippen LogP contribution in [0.1, 0.15) is 24.0 Å². The van der Waals surface area contributed by atoms with Crippen molar-refractivity contribution >= 4 is 27.0 Å². The van der Waals surface area contributed by atoms with Crippen molar-refractivity contribution in [3.63, 3.8) is 0 Å². The highest BCUT2D eigenvalue weighted by Gasteiger charge is 2.59. The van der Waals surface area contributed by atoms with Gasteiger partial charge in [0.25, 0.3) is 0 Å². The van der Waals surface area contributed by atoms with E-state index in [1.807, 2.05) is 31.2 Å². The van der Waals surface area contributed by atoms with Gasteiger partial charge < -0.3 is 5.73 Å². The minimum absolute atomic E-state index is 0.0620. The van der Waals surface area contributed by atoms with E-state index in [0.717, 1.165) is 11.1 Å². The van der Waals surface area contributed by atoms with Gasteiger partial charge in [0.05, 0.1) is 10.2 Å². The van der Waals surface area contributed by atoms with E-state index < -0.39 is 15.1 Å². The number of hydrogen-bond acceptors (Lipinski definition) is 3. The largest absolute Gasteiger partial charge is 0.393 e. The van der Waals surface area contributed by atoms with Crippen LogP contribution in [-0.2, 0) is 9.84 Å². The molecule has 0 saturated heterocycles. The summed E-state index contributed by atoms with van der Waals surface area (Å²) in [7, 11) is -3.09. The number of hydrogen-bond donors (Lipinski definition) is 1. The molecule has 0 amide bonds. The summed E-state index contributed by atoms with van der Waals surface area (Å²) < 4.78 is 24.0. The van der Waals surface area contributed by atoms with E-state index in [0.29, 0.717) is 4.99 Å². The van der Waals surface area contributed by atoms with E-state index in [2.05, 4.69) is 0 Å². The molecule has 0 heterocycles. The number of thiocarbonyl (C=S) groups is 1. The number of nitrogens with two attached hydrogens (primary N) is 1. The maximum atomic E-state index is 12.0. The third kappa shape index (κ3) is 2.29. The zero-order chi connectivity index (χ0) is 13.5. The Morgan fingerprint density at radius 3 is 2.33 bits per heavy atom. The Hall–Kier alpha value is -0.940. The van der Waals surface area contributed by atoms with Crippen LogP contribution in [0.5, 0.6) is 0 Å². The minimum Gasteiger partial charge on any atom is -0.393 e. The molecular weight excluding hydrogens is 266 g/mol.